The van der Waals surface area contributed by atoms with E-state index in [2.05, 4.69) is 11.4 Å². The molecule has 0 heterocycles. The minimum absolute atomic E-state index is 0.0477. The SMILES string of the molecule is O=C(NC1CCC1O)c1ccc2c(c1)CCCC2. The molecule has 1 fully saturated rings. The second kappa shape index (κ2) is 4.73. The van der Waals surface area contributed by atoms with Crippen molar-refractivity contribution in [1.29, 1.82) is 0 Å². The van der Waals surface area contributed by atoms with Crippen LogP contribution in [0.3, 0.4) is 0 Å². The molecule has 96 valence electrons. The quantitative estimate of drug-likeness (QED) is 0.835. The van der Waals surface area contributed by atoms with Crippen molar-refractivity contribution in [3.8, 4) is 0 Å². The number of amides is 1. The number of nitrogens with one attached hydrogen (secondary N) is 1. The molecule has 0 radical (unpaired) electrons. The lowest BCUT2D eigenvalue weighted by Crippen LogP contribution is -2.50. The van der Waals surface area contributed by atoms with E-state index in [0.29, 0.717) is 0 Å². The van der Waals surface area contributed by atoms with Crippen molar-refractivity contribution in [2.24, 2.45) is 0 Å². The van der Waals surface area contributed by atoms with Crippen LogP contribution < -0.4 is 5.32 Å². The molecular weight excluding hydrogens is 226 g/mol. The summed E-state index contributed by atoms with van der Waals surface area (Å²) in [6, 6.07) is 5.97. The van der Waals surface area contributed by atoms with Gasteiger partial charge in [-0.15, -0.1) is 0 Å². The van der Waals surface area contributed by atoms with Crippen LogP contribution in [0.15, 0.2) is 18.2 Å². The van der Waals surface area contributed by atoms with E-state index < -0.39 is 0 Å². The van der Waals surface area contributed by atoms with Crippen LogP contribution in [0.4, 0.5) is 0 Å². The Balaban J connectivity index is 1.73. The van der Waals surface area contributed by atoms with Crippen LogP contribution in [0.2, 0.25) is 0 Å². The maximum atomic E-state index is 12.1. The summed E-state index contributed by atoms with van der Waals surface area (Å²) in [6.07, 6.45) is 6.03. The van der Waals surface area contributed by atoms with Crippen molar-refractivity contribution in [2.75, 3.05) is 0 Å². The van der Waals surface area contributed by atoms with E-state index in [9.17, 15) is 9.90 Å². The minimum atomic E-state index is -0.355. The van der Waals surface area contributed by atoms with E-state index in [1.807, 2.05) is 12.1 Å². The second-order valence-corrected chi connectivity index (χ2v) is 5.42. The molecule has 2 atom stereocenters. The number of hydrogen-bond donors (Lipinski definition) is 2. The fourth-order valence-electron chi connectivity index (χ4n) is 2.78. The molecule has 1 aromatic carbocycles. The van der Waals surface area contributed by atoms with Gasteiger partial charge in [0.15, 0.2) is 0 Å². The summed E-state index contributed by atoms with van der Waals surface area (Å²) in [4.78, 5) is 12.1. The average Bonchev–Trinajstić information content (AvgIpc) is 2.42. The molecule has 1 amide bonds. The highest BCUT2D eigenvalue weighted by atomic mass is 16.3. The molecular formula is C15H19NO2. The number of rotatable bonds is 2. The molecule has 0 aliphatic heterocycles. The van der Waals surface area contributed by atoms with Crippen LogP contribution in [0, 0.1) is 0 Å². The minimum Gasteiger partial charge on any atom is -0.391 e. The zero-order valence-corrected chi connectivity index (χ0v) is 10.5. The Morgan fingerprint density at radius 2 is 1.94 bits per heavy atom. The number of carbonyl (C=O) groups excluding carboxylic acids is 1. The number of aliphatic hydroxyl groups is 1. The standard InChI is InChI=1S/C15H19NO2/c17-14-8-7-13(14)16-15(18)12-6-5-10-3-1-2-4-11(10)9-12/h5-6,9,13-14,17H,1-4,7-8H2,(H,16,18). The first-order valence-corrected chi connectivity index (χ1v) is 6.85. The molecule has 2 aliphatic rings. The van der Waals surface area contributed by atoms with Gasteiger partial charge in [0, 0.05) is 5.56 Å². The van der Waals surface area contributed by atoms with Gasteiger partial charge in [0.1, 0.15) is 0 Å². The molecule has 18 heavy (non-hydrogen) atoms. The van der Waals surface area contributed by atoms with E-state index in [1.165, 1.54) is 24.0 Å². The summed E-state index contributed by atoms with van der Waals surface area (Å²) >= 11 is 0. The molecule has 3 heteroatoms. The van der Waals surface area contributed by atoms with Crippen LogP contribution in [-0.4, -0.2) is 23.2 Å². The highest BCUT2D eigenvalue weighted by molar-refractivity contribution is 5.94. The smallest absolute Gasteiger partial charge is 0.251 e. The Kier molecular flexibility index (Phi) is 3.08. The zero-order valence-electron chi connectivity index (χ0n) is 10.5. The Morgan fingerprint density at radius 3 is 2.61 bits per heavy atom. The number of hydrogen-bond acceptors (Lipinski definition) is 2. The third-order valence-electron chi connectivity index (χ3n) is 4.17. The van der Waals surface area contributed by atoms with Crippen molar-refractivity contribution >= 4 is 5.91 Å². The van der Waals surface area contributed by atoms with Gasteiger partial charge in [-0.05, 0) is 61.8 Å². The lowest BCUT2D eigenvalue weighted by molar-refractivity contribution is 0.0447. The van der Waals surface area contributed by atoms with Crippen LogP contribution in [0.25, 0.3) is 0 Å². The van der Waals surface area contributed by atoms with Gasteiger partial charge in [-0.25, -0.2) is 0 Å². The molecule has 1 saturated carbocycles. The highest BCUT2D eigenvalue weighted by Crippen LogP contribution is 2.23. The first-order chi connectivity index (χ1) is 8.74. The molecule has 0 bridgehead atoms. The fourth-order valence-corrected chi connectivity index (χ4v) is 2.78. The van der Waals surface area contributed by atoms with Crippen LogP contribution >= 0.6 is 0 Å². The molecule has 0 aromatic heterocycles. The third-order valence-corrected chi connectivity index (χ3v) is 4.17. The normalized spacial score (nSPS) is 26.1. The van der Waals surface area contributed by atoms with Gasteiger partial charge in [-0.2, -0.15) is 0 Å². The Labute approximate surface area is 107 Å². The number of carbonyl (C=O) groups is 1. The highest BCUT2D eigenvalue weighted by Gasteiger charge is 2.30. The van der Waals surface area contributed by atoms with Gasteiger partial charge >= 0.3 is 0 Å². The lowest BCUT2D eigenvalue weighted by atomic mass is 9.88. The molecule has 1 aromatic rings. The van der Waals surface area contributed by atoms with E-state index in [4.69, 9.17) is 0 Å². The first kappa shape index (κ1) is 11.7. The Morgan fingerprint density at radius 1 is 1.17 bits per heavy atom. The van der Waals surface area contributed by atoms with Crippen molar-refractivity contribution in [2.45, 2.75) is 50.7 Å². The average molecular weight is 245 g/mol. The third kappa shape index (κ3) is 2.15. The number of benzene rings is 1. The predicted octanol–water partition coefficient (Wildman–Crippen LogP) is 1.82. The van der Waals surface area contributed by atoms with Gasteiger partial charge in [-0.1, -0.05) is 6.07 Å². The maximum absolute atomic E-state index is 12.1. The van der Waals surface area contributed by atoms with E-state index >= 15 is 0 Å². The second-order valence-electron chi connectivity index (χ2n) is 5.42. The van der Waals surface area contributed by atoms with E-state index in [1.54, 1.807) is 0 Å². The molecule has 2 unspecified atom stereocenters. The topological polar surface area (TPSA) is 49.3 Å². The van der Waals surface area contributed by atoms with E-state index in [0.717, 1.165) is 31.2 Å². The lowest BCUT2D eigenvalue weighted by Gasteiger charge is -2.33. The van der Waals surface area contributed by atoms with Crippen molar-refractivity contribution in [3.63, 3.8) is 0 Å². The van der Waals surface area contributed by atoms with Gasteiger partial charge in [0.2, 0.25) is 0 Å². The number of aryl methyl sites for hydroxylation is 2. The van der Waals surface area contributed by atoms with Crippen molar-refractivity contribution < 1.29 is 9.90 Å². The van der Waals surface area contributed by atoms with Crippen molar-refractivity contribution in [3.05, 3.63) is 34.9 Å². The van der Waals surface area contributed by atoms with Gasteiger partial charge < -0.3 is 10.4 Å². The molecule has 3 rings (SSSR count). The maximum Gasteiger partial charge on any atom is 0.251 e. The van der Waals surface area contributed by atoms with Gasteiger partial charge in [0.05, 0.1) is 12.1 Å². The number of fused-ring (bicyclic) bond motifs is 1. The molecule has 3 nitrogen and oxygen atoms in total. The fraction of sp³-hybridized carbons (Fsp3) is 0.533. The van der Waals surface area contributed by atoms with Gasteiger partial charge in [0.25, 0.3) is 5.91 Å². The predicted molar refractivity (Wildman–Crippen MR) is 69.6 cm³/mol. The Bertz CT molecular complexity index is 470. The van der Waals surface area contributed by atoms with Crippen LogP contribution in [0.1, 0.15) is 47.2 Å². The molecule has 2 N–H and O–H groups in total. The summed E-state index contributed by atoms with van der Waals surface area (Å²) in [6.45, 7) is 0. The summed E-state index contributed by atoms with van der Waals surface area (Å²) in [5, 5.41) is 12.4. The molecule has 2 aliphatic carbocycles. The summed E-state index contributed by atoms with van der Waals surface area (Å²) in [7, 11) is 0. The Hall–Kier alpha value is -1.35. The monoisotopic (exact) mass is 245 g/mol. The zero-order chi connectivity index (χ0) is 12.5. The number of aliphatic hydroxyl groups excluding tert-OH is 1. The first-order valence-electron chi connectivity index (χ1n) is 6.85. The molecule has 0 spiro atoms. The summed E-state index contributed by atoms with van der Waals surface area (Å²) in [5.41, 5.74) is 3.44. The largest absolute Gasteiger partial charge is 0.391 e. The van der Waals surface area contributed by atoms with Gasteiger partial charge in [-0.3, -0.25) is 4.79 Å². The van der Waals surface area contributed by atoms with Crippen LogP contribution in [0.5, 0.6) is 0 Å². The van der Waals surface area contributed by atoms with E-state index in [-0.39, 0.29) is 18.1 Å². The van der Waals surface area contributed by atoms with Crippen LogP contribution in [-0.2, 0) is 12.8 Å². The summed E-state index contributed by atoms with van der Waals surface area (Å²) < 4.78 is 0. The van der Waals surface area contributed by atoms with Crippen molar-refractivity contribution in [1.82, 2.24) is 5.32 Å². The molecule has 0 saturated heterocycles. The summed E-state index contributed by atoms with van der Waals surface area (Å²) in [5.74, 6) is -0.0490.